The summed E-state index contributed by atoms with van der Waals surface area (Å²) in [5.41, 5.74) is 0.840. The van der Waals surface area contributed by atoms with Crippen LogP contribution in [0.2, 0.25) is 0 Å². The van der Waals surface area contributed by atoms with E-state index in [1.807, 2.05) is 32.4 Å². The quantitative estimate of drug-likeness (QED) is 0.257. The molecular formula is C20H26N3O6P. The van der Waals surface area contributed by atoms with Crippen LogP contribution in [-0.4, -0.2) is 26.6 Å². The molecule has 0 fully saturated rings. The standard InChI is InChI=1S/C20H26N3O6P/c1-15(2)21(16(3)4)30(28-13-17-9-5-7-11-19(17)22(24)25)29-14-18-10-6-8-12-20(18)23(26)27/h5-12,15-16H,13-14H2,1-4H3. The number of hydrogen-bond acceptors (Lipinski definition) is 7. The molecule has 0 saturated carbocycles. The molecule has 9 nitrogen and oxygen atoms in total. The minimum absolute atomic E-state index is 0.00429. The minimum atomic E-state index is -1.63. The van der Waals surface area contributed by atoms with Gasteiger partial charge in [0.15, 0.2) is 0 Å². The van der Waals surface area contributed by atoms with E-state index in [1.165, 1.54) is 12.1 Å². The molecule has 0 aliphatic carbocycles. The topological polar surface area (TPSA) is 108 Å². The van der Waals surface area contributed by atoms with Crippen LogP contribution in [0.4, 0.5) is 11.4 Å². The molecule has 0 radical (unpaired) electrons. The Hall–Kier alpha value is -2.45. The van der Waals surface area contributed by atoms with E-state index in [2.05, 4.69) is 0 Å². The molecule has 0 heterocycles. The van der Waals surface area contributed by atoms with Gasteiger partial charge < -0.3 is 9.05 Å². The van der Waals surface area contributed by atoms with Gasteiger partial charge in [-0.25, -0.2) is 4.67 Å². The Bertz CT molecular complexity index is 808. The molecule has 0 bridgehead atoms. The molecule has 0 spiro atoms. The van der Waals surface area contributed by atoms with E-state index in [0.29, 0.717) is 11.1 Å². The highest BCUT2D eigenvalue weighted by Crippen LogP contribution is 2.48. The zero-order valence-electron chi connectivity index (χ0n) is 17.4. The maximum Gasteiger partial charge on any atom is 0.274 e. The van der Waals surface area contributed by atoms with E-state index in [1.54, 1.807) is 36.4 Å². The molecule has 0 atom stereocenters. The molecule has 0 aliphatic rings. The van der Waals surface area contributed by atoms with Crippen LogP contribution in [0.1, 0.15) is 38.8 Å². The summed E-state index contributed by atoms with van der Waals surface area (Å²) in [6.07, 6.45) is 0. The van der Waals surface area contributed by atoms with Gasteiger partial charge in [-0.15, -0.1) is 0 Å². The fraction of sp³-hybridized carbons (Fsp3) is 0.400. The van der Waals surface area contributed by atoms with E-state index in [-0.39, 0.29) is 36.7 Å². The Morgan fingerprint density at radius 3 is 1.50 bits per heavy atom. The summed E-state index contributed by atoms with van der Waals surface area (Å²) in [6.45, 7) is 7.98. The third-order valence-electron chi connectivity index (χ3n) is 4.28. The first-order chi connectivity index (χ1) is 14.2. The van der Waals surface area contributed by atoms with Crippen molar-refractivity contribution in [3.05, 3.63) is 79.9 Å². The monoisotopic (exact) mass is 435 g/mol. The van der Waals surface area contributed by atoms with Gasteiger partial charge in [0.1, 0.15) is 0 Å². The van der Waals surface area contributed by atoms with Crippen LogP contribution in [0.25, 0.3) is 0 Å². The summed E-state index contributed by atoms with van der Waals surface area (Å²) < 4.78 is 14.1. The zero-order valence-corrected chi connectivity index (χ0v) is 18.3. The fourth-order valence-corrected chi connectivity index (χ4v) is 4.61. The Kier molecular flexibility index (Phi) is 8.80. The second-order valence-corrected chi connectivity index (χ2v) is 8.58. The van der Waals surface area contributed by atoms with Gasteiger partial charge in [-0.1, -0.05) is 24.3 Å². The van der Waals surface area contributed by atoms with E-state index in [4.69, 9.17) is 9.05 Å². The first kappa shape index (κ1) is 23.8. The smallest absolute Gasteiger partial charge is 0.274 e. The second kappa shape index (κ2) is 11.1. The highest BCUT2D eigenvalue weighted by molar-refractivity contribution is 7.44. The largest absolute Gasteiger partial charge is 0.317 e. The number of benzene rings is 2. The summed E-state index contributed by atoms with van der Waals surface area (Å²) in [4.78, 5) is 21.7. The molecule has 30 heavy (non-hydrogen) atoms. The Morgan fingerprint density at radius 2 is 1.17 bits per heavy atom. The molecule has 0 aromatic heterocycles. The average molecular weight is 435 g/mol. The van der Waals surface area contributed by atoms with Gasteiger partial charge in [-0.3, -0.25) is 20.2 Å². The minimum Gasteiger partial charge on any atom is -0.317 e. The number of para-hydroxylation sites is 2. The summed E-state index contributed by atoms with van der Waals surface area (Å²) in [6, 6.07) is 12.9. The van der Waals surface area contributed by atoms with E-state index < -0.39 is 18.4 Å². The van der Waals surface area contributed by atoms with Gasteiger partial charge in [0, 0.05) is 24.2 Å². The molecule has 0 saturated heterocycles. The van der Waals surface area contributed by atoms with Crippen molar-refractivity contribution < 1.29 is 18.9 Å². The molecule has 0 amide bonds. The Morgan fingerprint density at radius 1 is 0.800 bits per heavy atom. The molecule has 0 aliphatic heterocycles. The lowest BCUT2D eigenvalue weighted by Crippen LogP contribution is -2.33. The lowest BCUT2D eigenvalue weighted by atomic mass is 10.2. The lowest BCUT2D eigenvalue weighted by Gasteiger charge is -2.35. The van der Waals surface area contributed by atoms with E-state index in [9.17, 15) is 20.2 Å². The Balaban J connectivity index is 2.24. The van der Waals surface area contributed by atoms with E-state index in [0.717, 1.165) is 0 Å². The number of rotatable bonds is 11. The van der Waals surface area contributed by atoms with Crippen molar-refractivity contribution in [1.82, 2.24) is 4.67 Å². The summed E-state index contributed by atoms with van der Waals surface area (Å²) >= 11 is 0. The predicted molar refractivity (Wildman–Crippen MR) is 115 cm³/mol. The van der Waals surface area contributed by atoms with Gasteiger partial charge in [-0.05, 0) is 39.8 Å². The third kappa shape index (κ3) is 6.27. The third-order valence-corrected chi connectivity index (χ3v) is 6.29. The van der Waals surface area contributed by atoms with Gasteiger partial charge in [0.25, 0.3) is 19.9 Å². The average Bonchev–Trinajstić information content (AvgIpc) is 2.69. The highest BCUT2D eigenvalue weighted by Gasteiger charge is 2.29. The summed E-state index contributed by atoms with van der Waals surface area (Å²) in [5, 5.41) is 22.6. The van der Waals surface area contributed by atoms with Gasteiger partial charge >= 0.3 is 0 Å². The van der Waals surface area contributed by atoms with Gasteiger partial charge in [-0.2, -0.15) is 0 Å². The van der Waals surface area contributed by atoms with E-state index >= 15 is 0 Å². The Labute approximate surface area is 176 Å². The zero-order chi connectivity index (χ0) is 22.3. The maximum atomic E-state index is 11.3. The first-order valence-corrected chi connectivity index (χ1v) is 10.6. The van der Waals surface area contributed by atoms with Gasteiger partial charge in [0.05, 0.1) is 34.2 Å². The molecule has 2 aromatic carbocycles. The second-order valence-electron chi connectivity index (χ2n) is 7.12. The predicted octanol–water partition coefficient (Wildman–Crippen LogP) is 5.58. The number of nitro benzene ring substituents is 2. The van der Waals surface area contributed by atoms with Crippen LogP contribution in [0.3, 0.4) is 0 Å². The van der Waals surface area contributed by atoms with Crippen molar-refractivity contribution in [1.29, 1.82) is 0 Å². The number of nitrogens with zero attached hydrogens (tertiary/aromatic N) is 3. The normalized spacial score (nSPS) is 11.6. The maximum absolute atomic E-state index is 11.3. The van der Waals surface area contributed by atoms with Crippen molar-refractivity contribution >= 4 is 19.9 Å². The van der Waals surface area contributed by atoms with Crippen LogP contribution < -0.4 is 0 Å². The first-order valence-electron chi connectivity index (χ1n) is 9.51. The lowest BCUT2D eigenvalue weighted by molar-refractivity contribution is -0.385. The van der Waals surface area contributed by atoms with Crippen LogP contribution in [0.15, 0.2) is 48.5 Å². The molecule has 2 aromatic rings. The fourth-order valence-electron chi connectivity index (χ4n) is 3.02. The number of nitro groups is 2. The van der Waals surface area contributed by atoms with Crippen molar-refractivity contribution in [3.8, 4) is 0 Å². The van der Waals surface area contributed by atoms with Crippen molar-refractivity contribution in [2.45, 2.75) is 53.0 Å². The van der Waals surface area contributed by atoms with Crippen LogP contribution in [-0.2, 0) is 22.3 Å². The van der Waals surface area contributed by atoms with Gasteiger partial charge in [0.2, 0.25) is 0 Å². The van der Waals surface area contributed by atoms with Crippen LogP contribution in [0, 0.1) is 20.2 Å². The highest BCUT2D eigenvalue weighted by atomic mass is 31.2. The van der Waals surface area contributed by atoms with Crippen molar-refractivity contribution in [3.63, 3.8) is 0 Å². The van der Waals surface area contributed by atoms with Crippen molar-refractivity contribution in [2.75, 3.05) is 0 Å². The molecule has 2 rings (SSSR count). The summed E-state index contributed by atoms with van der Waals surface area (Å²) in [7, 11) is -1.63. The molecule has 162 valence electrons. The van der Waals surface area contributed by atoms with Crippen molar-refractivity contribution in [2.24, 2.45) is 0 Å². The molecule has 0 unspecified atom stereocenters. The van der Waals surface area contributed by atoms with Crippen LogP contribution in [0.5, 0.6) is 0 Å². The molecule has 0 N–H and O–H groups in total. The molecule has 10 heteroatoms. The summed E-state index contributed by atoms with van der Waals surface area (Å²) in [5.74, 6) is 0. The van der Waals surface area contributed by atoms with Crippen LogP contribution >= 0.6 is 8.53 Å². The molecular weight excluding hydrogens is 409 g/mol. The number of hydrogen-bond donors (Lipinski definition) is 0. The SMILES string of the molecule is CC(C)N(C(C)C)P(OCc1ccccc1[N+](=O)[O-])OCc1ccccc1[N+](=O)[O-].